The van der Waals surface area contributed by atoms with E-state index in [1.54, 1.807) is 73.8 Å². The Bertz CT molecular complexity index is 1530. The third-order valence-corrected chi connectivity index (χ3v) is 7.16. The van der Waals surface area contributed by atoms with Gasteiger partial charge in [-0.25, -0.2) is 18.5 Å². The highest BCUT2D eigenvalue weighted by Crippen LogP contribution is 2.33. The molecule has 11 heteroatoms. The lowest BCUT2D eigenvalue weighted by Crippen LogP contribution is -2.13. The normalized spacial score (nSPS) is 11.1. The molecule has 0 fully saturated rings. The number of carbonyl (C=O) groups is 2. The van der Waals surface area contributed by atoms with Crippen LogP contribution in [0.2, 0.25) is 0 Å². The van der Waals surface area contributed by atoms with E-state index in [0.717, 1.165) is 0 Å². The van der Waals surface area contributed by atoms with Crippen LogP contribution in [-0.4, -0.2) is 32.3 Å². The second kappa shape index (κ2) is 9.66. The molecule has 0 saturated heterocycles. The van der Waals surface area contributed by atoms with E-state index in [0.29, 0.717) is 43.6 Å². The van der Waals surface area contributed by atoms with Crippen molar-refractivity contribution in [2.75, 3.05) is 17.7 Å². The summed E-state index contributed by atoms with van der Waals surface area (Å²) in [5.41, 5.74) is 8.29. The number of hydrogen-bond acceptors (Lipinski definition) is 7. The number of sulfonamides is 1. The number of rotatable bonds is 7. The lowest BCUT2D eigenvalue weighted by Gasteiger charge is -2.10. The molecule has 9 nitrogen and oxygen atoms in total. The van der Waals surface area contributed by atoms with Crippen molar-refractivity contribution in [3.63, 3.8) is 0 Å². The molecular weight excluding hydrogens is 486 g/mol. The maximum Gasteiger partial charge on any atom is 0.268 e. The molecule has 0 aliphatic carbocycles. The van der Waals surface area contributed by atoms with E-state index in [-0.39, 0.29) is 10.8 Å². The SMILES string of the molecule is CNc1nc(-c2cccc(C(N)=O)c2)c(C(=O)Nc2ccc(-c3ccccc3S(N)(=O)=O)cc2)s1. The molecule has 0 saturated carbocycles. The second-order valence-electron chi connectivity index (χ2n) is 7.46. The van der Waals surface area contributed by atoms with Gasteiger partial charge in [-0.1, -0.05) is 53.8 Å². The molecule has 0 bridgehead atoms. The minimum absolute atomic E-state index is 0.0175. The predicted molar refractivity (Wildman–Crippen MR) is 137 cm³/mol. The number of benzene rings is 3. The van der Waals surface area contributed by atoms with Crippen LogP contribution < -0.4 is 21.5 Å². The first-order valence-corrected chi connectivity index (χ1v) is 12.7. The van der Waals surface area contributed by atoms with Crippen LogP contribution in [0.5, 0.6) is 0 Å². The molecule has 178 valence electrons. The van der Waals surface area contributed by atoms with Gasteiger partial charge < -0.3 is 16.4 Å². The molecule has 4 rings (SSSR count). The topological polar surface area (TPSA) is 157 Å². The van der Waals surface area contributed by atoms with Crippen LogP contribution >= 0.6 is 11.3 Å². The van der Waals surface area contributed by atoms with Gasteiger partial charge in [-0.05, 0) is 35.9 Å². The molecule has 3 aromatic carbocycles. The van der Waals surface area contributed by atoms with Crippen molar-refractivity contribution in [3.8, 4) is 22.4 Å². The van der Waals surface area contributed by atoms with E-state index in [9.17, 15) is 18.0 Å². The van der Waals surface area contributed by atoms with Crippen molar-refractivity contribution >= 4 is 44.0 Å². The van der Waals surface area contributed by atoms with E-state index >= 15 is 0 Å². The van der Waals surface area contributed by atoms with Gasteiger partial charge in [0.25, 0.3) is 5.91 Å². The number of primary sulfonamides is 1. The Labute approximate surface area is 205 Å². The fraction of sp³-hybridized carbons (Fsp3) is 0.0417. The fourth-order valence-electron chi connectivity index (χ4n) is 3.47. The second-order valence-corrected chi connectivity index (χ2v) is 9.99. The molecule has 35 heavy (non-hydrogen) atoms. The van der Waals surface area contributed by atoms with Crippen molar-refractivity contribution in [3.05, 3.63) is 83.2 Å². The van der Waals surface area contributed by atoms with E-state index in [2.05, 4.69) is 15.6 Å². The Morgan fingerprint density at radius 2 is 1.66 bits per heavy atom. The van der Waals surface area contributed by atoms with Gasteiger partial charge in [0.15, 0.2) is 5.13 Å². The molecular formula is C24H21N5O4S2. The maximum atomic E-state index is 13.1. The van der Waals surface area contributed by atoms with E-state index in [1.165, 1.54) is 17.4 Å². The summed E-state index contributed by atoms with van der Waals surface area (Å²) in [7, 11) is -2.20. The zero-order chi connectivity index (χ0) is 25.2. The van der Waals surface area contributed by atoms with Crippen LogP contribution in [0.1, 0.15) is 20.0 Å². The third kappa shape index (κ3) is 5.22. The lowest BCUT2D eigenvalue weighted by molar-refractivity contribution is 0.0998. The zero-order valence-electron chi connectivity index (χ0n) is 18.5. The molecule has 1 heterocycles. The summed E-state index contributed by atoms with van der Waals surface area (Å²) in [4.78, 5) is 29.6. The van der Waals surface area contributed by atoms with Crippen LogP contribution in [0.15, 0.2) is 77.7 Å². The van der Waals surface area contributed by atoms with Crippen molar-refractivity contribution in [1.29, 1.82) is 0 Å². The van der Waals surface area contributed by atoms with Crippen molar-refractivity contribution in [2.45, 2.75) is 4.90 Å². The number of nitrogens with zero attached hydrogens (tertiary/aromatic N) is 1. The number of primary amides is 1. The van der Waals surface area contributed by atoms with Crippen molar-refractivity contribution < 1.29 is 18.0 Å². The molecule has 0 aliphatic rings. The lowest BCUT2D eigenvalue weighted by atomic mass is 10.1. The Hall–Kier alpha value is -4.06. The zero-order valence-corrected chi connectivity index (χ0v) is 20.1. The molecule has 6 N–H and O–H groups in total. The highest BCUT2D eigenvalue weighted by atomic mass is 32.2. The Morgan fingerprint density at radius 1 is 0.943 bits per heavy atom. The summed E-state index contributed by atoms with van der Waals surface area (Å²) in [5.74, 6) is -0.966. The molecule has 2 amide bonds. The first kappa shape index (κ1) is 24.1. The number of hydrogen-bond donors (Lipinski definition) is 4. The number of amides is 2. The number of nitrogens with two attached hydrogens (primary N) is 2. The van der Waals surface area contributed by atoms with E-state index in [1.807, 2.05) is 0 Å². The summed E-state index contributed by atoms with van der Waals surface area (Å²) in [6.45, 7) is 0. The first-order chi connectivity index (χ1) is 16.7. The molecule has 0 atom stereocenters. The largest absolute Gasteiger partial charge is 0.366 e. The summed E-state index contributed by atoms with van der Waals surface area (Å²) in [6.07, 6.45) is 0. The highest BCUT2D eigenvalue weighted by Gasteiger charge is 2.21. The summed E-state index contributed by atoms with van der Waals surface area (Å²) < 4.78 is 23.8. The Kier molecular flexibility index (Phi) is 6.65. The quantitative estimate of drug-likeness (QED) is 0.300. The summed E-state index contributed by atoms with van der Waals surface area (Å²) in [6, 6.07) is 19.8. The van der Waals surface area contributed by atoms with Gasteiger partial charge in [0.05, 0.1) is 10.6 Å². The number of aromatic nitrogens is 1. The minimum Gasteiger partial charge on any atom is -0.366 e. The average Bonchev–Trinajstić information content (AvgIpc) is 3.29. The van der Waals surface area contributed by atoms with Crippen molar-refractivity contribution in [1.82, 2.24) is 4.98 Å². The average molecular weight is 508 g/mol. The molecule has 0 aliphatic heterocycles. The molecule has 0 radical (unpaired) electrons. The van der Waals surface area contributed by atoms with Gasteiger partial charge in [-0.3, -0.25) is 9.59 Å². The van der Waals surface area contributed by atoms with Gasteiger partial charge in [0.2, 0.25) is 15.9 Å². The fourth-order valence-corrected chi connectivity index (χ4v) is 5.07. The number of nitrogens with one attached hydrogen (secondary N) is 2. The van der Waals surface area contributed by atoms with Gasteiger partial charge in [0, 0.05) is 29.4 Å². The highest BCUT2D eigenvalue weighted by molar-refractivity contribution is 7.89. The monoisotopic (exact) mass is 507 g/mol. The maximum absolute atomic E-state index is 13.1. The van der Waals surface area contributed by atoms with Crippen LogP contribution in [-0.2, 0) is 10.0 Å². The van der Waals surface area contributed by atoms with Crippen LogP contribution in [0.3, 0.4) is 0 Å². The van der Waals surface area contributed by atoms with Gasteiger partial charge in [-0.2, -0.15) is 0 Å². The predicted octanol–water partition coefficient (Wildman–Crippen LogP) is 3.52. The molecule has 0 unspecified atom stereocenters. The van der Waals surface area contributed by atoms with Crippen LogP contribution in [0, 0.1) is 0 Å². The van der Waals surface area contributed by atoms with E-state index < -0.39 is 15.9 Å². The summed E-state index contributed by atoms with van der Waals surface area (Å²) in [5, 5.41) is 11.6. The first-order valence-electron chi connectivity index (χ1n) is 10.3. The Balaban J connectivity index is 1.63. The summed E-state index contributed by atoms with van der Waals surface area (Å²) >= 11 is 1.17. The Morgan fingerprint density at radius 3 is 2.31 bits per heavy atom. The van der Waals surface area contributed by atoms with Gasteiger partial charge in [0.1, 0.15) is 4.88 Å². The van der Waals surface area contributed by atoms with E-state index in [4.69, 9.17) is 10.9 Å². The molecule has 0 spiro atoms. The third-order valence-electron chi connectivity index (χ3n) is 5.12. The number of thiazole rings is 1. The van der Waals surface area contributed by atoms with Crippen molar-refractivity contribution in [2.24, 2.45) is 10.9 Å². The minimum atomic E-state index is -3.90. The number of carbonyl (C=O) groups excluding carboxylic acids is 2. The number of anilines is 2. The standard InChI is InChI=1S/C24H21N5O4S2/c1-27-24-29-20(15-5-4-6-16(13-15)22(25)30)21(34-24)23(31)28-17-11-9-14(10-12-17)18-7-2-3-8-19(18)35(26,32)33/h2-13H,1H3,(H2,25,30)(H,27,29)(H,28,31)(H2,26,32,33). The van der Waals surface area contributed by atoms with Gasteiger partial charge >= 0.3 is 0 Å². The van der Waals surface area contributed by atoms with Crippen LogP contribution in [0.4, 0.5) is 10.8 Å². The molecule has 1 aromatic heterocycles. The van der Waals surface area contributed by atoms with Gasteiger partial charge in [-0.15, -0.1) is 0 Å². The smallest absolute Gasteiger partial charge is 0.268 e. The van der Waals surface area contributed by atoms with Crippen LogP contribution in [0.25, 0.3) is 22.4 Å². The molecule has 4 aromatic rings.